The standard InChI is InChI=1S/C44H48O8P2/c1-41(2,3)33-27-29(45-7)25-31(39(33)51-53-47-35-17-9-13-21-43(35)22-14-10-18-36(43)48-53)32-26-30(46-8)28-34(42(4,5)6)40(32)52-54-49-37-19-11-15-23-44(37)24-16-12-20-38(44)50-54/h9-21,23,25-28,35,37H,22,24H2,1-8H3. The van der Waals surface area contributed by atoms with Crippen molar-refractivity contribution in [3.05, 3.63) is 132 Å². The van der Waals surface area contributed by atoms with E-state index in [9.17, 15) is 0 Å². The smallest absolute Gasteiger partial charge is 0.463 e. The largest absolute Gasteiger partial charge is 0.497 e. The van der Waals surface area contributed by atoms with E-state index >= 15 is 0 Å². The van der Waals surface area contributed by atoms with Crippen molar-refractivity contribution in [2.75, 3.05) is 14.2 Å². The Hall–Kier alpha value is -4.06. The fourth-order valence-corrected chi connectivity index (χ4v) is 10.3. The van der Waals surface area contributed by atoms with Crippen LogP contribution in [0.1, 0.15) is 65.5 Å². The van der Waals surface area contributed by atoms with Crippen LogP contribution in [-0.2, 0) is 28.9 Å². The van der Waals surface area contributed by atoms with E-state index in [0.717, 1.165) is 46.6 Å². The van der Waals surface area contributed by atoms with Crippen LogP contribution in [0.25, 0.3) is 11.1 Å². The normalized spacial score (nSPS) is 29.0. The van der Waals surface area contributed by atoms with Gasteiger partial charge in [-0.15, -0.1) is 0 Å². The maximum Gasteiger partial charge on any atom is 0.463 e. The minimum Gasteiger partial charge on any atom is -0.497 e. The average Bonchev–Trinajstić information content (AvgIpc) is 3.15. The van der Waals surface area contributed by atoms with E-state index in [4.69, 9.17) is 36.6 Å². The first-order valence-corrected chi connectivity index (χ1v) is 20.6. The molecular weight excluding hydrogens is 718 g/mol. The van der Waals surface area contributed by atoms with Crippen molar-refractivity contribution in [2.45, 2.75) is 77.4 Å². The topological polar surface area (TPSA) is 73.8 Å². The fourth-order valence-electron chi connectivity index (χ4n) is 7.74. The zero-order valence-corrected chi connectivity index (χ0v) is 33.9. The molecule has 0 aromatic heterocycles. The molecular formula is C44H48O8P2. The molecule has 6 aliphatic rings. The number of allylic oxidation sites excluding steroid dienone is 10. The van der Waals surface area contributed by atoms with Gasteiger partial charge >= 0.3 is 17.2 Å². The number of methoxy groups -OCH3 is 2. The summed E-state index contributed by atoms with van der Waals surface area (Å²) in [7, 11) is -0.414. The predicted molar refractivity (Wildman–Crippen MR) is 214 cm³/mol. The van der Waals surface area contributed by atoms with E-state index in [1.54, 1.807) is 14.2 Å². The highest BCUT2D eigenvalue weighted by molar-refractivity contribution is 7.42. The van der Waals surface area contributed by atoms with Gasteiger partial charge in [0, 0.05) is 22.3 Å². The van der Waals surface area contributed by atoms with Gasteiger partial charge in [0.2, 0.25) is 0 Å². The molecule has 8 rings (SSSR count). The molecule has 2 aromatic carbocycles. The Morgan fingerprint density at radius 1 is 0.593 bits per heavy atom. The van der Waals surface area contributed by atoms with Crippen LogP contribution in [0.5, 0.6) is 23.0 Å². The second kappa shape index (κ2) is 13.9. The van der Waals surface area contributed by atoms with E-state index in [2.05, 4.69) is 90.2 Å². The molecule has 0 radical (unpaired) electrons. The van der Waals surface area contributed by atoms with Crippen molar-refractivity contribution in [2.24, 2.45) is 10.8 Å². The van der Waals surface area contributed by atoms with E-state index in [1.165, 1.54) is 0 Å². The van der Waals surface area contributed by atoms with Gasteiger partial charge < -0.3 is 27.6 Å². The van der Waals surface area contributed by atoms with Crippen LogP contribution in [0.4, 0.5) is 0 Å². The molecule has 0 N–H and O–H groups in total. The van der Waals surface area contributed by atoms with Crippen molar-refractivity contribution in [3.63, 3.8) is 0 Å². The van der Waals surface area contributed by atoms with Crippen LogP contribution in [-0.4, -0.2) is 26.4 Å². The molecule has 0 saturated carbocycles. The van der Waals surface area contributed by atoms with E-state index in [0.29, 0.717) is 23.0 Å². The minimum absolute atomic E-state index is 0.246. The zero-order valence-electron chi connectivity index (χ0n) is 32.1. The first-order chi connectivity index (χ1) is 25.8. The first-order valence-electron chi connectivity index (χ1n) is 18.4. The maximum absolute atomic E-state index is 7.03. The number of benzene rings is 2. The van der Waals surface area contributed by atoms with Gasteiger partial charge in [-0.05, 0) is 60.1 Å². The molecule has 4 aliphatic carbocycles. The second-order valence-corrected chi connectivity index (χ2v) is 18.4. The van der Waals surface area contributed by atoms with Crippen LogP contribution in [0.15, 0.2) is 121 Å². The average molecular weight is 767 g/mol. The van der Waals surface area contributed by atoms with Crippen molar-refractivity contribution < 1.29 is 36.6 Å². The molecule has 2 aromatic rings. The van der Waals surface area contributed by atoms with Crippen molar-refractivity contribution >= 4 is 17.2 Å². The number of ether oxygens (including phenoxy) is 2. The highest BCUT2D eigenvalue weighted by atomic mass is 31.2. The van der Waals surface area contributed by atoms with Crippen LogP contribution in [0, 0.1) is 10.8 Å². The van der Waals surface area contributed by atoms with Crippen LogP contribution >= 0.6 is 17.2 Å². The summed E-state index contributed by atoms with van der Waals surface area (Å²) >= 11 is 0. The Labute approximate surface area is 321 Å². The highest BCUT2D eigenvalue weighted by Gasteiger charge is 2.52. The summed E-state index contributed by atoms with van der Waals surface area (Å²) in [4.78, 5) is 0. The number of hydrogen-bond donors (Lipinski definition) is 0. The highest BCUT2D eigenvalue weighted by Crippen LogP contribution is 2.63. The Balaban J connectivity index is 1.27. The lowest BCUT2D eigenvalue weighted by Gasteiger charge is -2.45. The third kappa shape index (κ3) is 6.45. The molecule has 8 nitrogen and oxygen atoms in total. The zero-order chi connectivity index (χ0) is 37.9. The van der Waals surface area contributed by atoms with Crippen LogP contribution < -0.4 is 18.5 Å². The molecule has 0 bridgehead atoms. The maximum atomic E-state index is 7.03. The second-order valence-electron chi connectivity index (χ2n) is 16.4. The first kappa shape index (κ1) is 36.9. The Bertz CT molecular complexity index is 1930. The van der Waals surface area contributed by atoms with Gasteiger partial charge in [0.25, 0.3) is 0 Å². The van der Waals surface area contributed by atoms with Gasteiger partial charge in [0.15, 0.2) is 0 Å². The summed E-state index contributed by atoms with van der Waals surface area (Å²) in [5, 5.41) is 0. The van der Waals surface area contributed by atoms with Gasteiger partial charge in [0.1, 0.15) is 46.7 Å². The number of hydrogen-bond acceptors (Lipinski definition) is 8. The molecule has 6 atom stereocenters. The molecule has 2 spiro atoms. The van der Waals surface area contributed by atoms with Gasteiger partial charge in [-0.1, -0.05) is 114 Å². The lowest BCUT2D eigenvalue weighted by Crippen LogP contribution is -2.41. The monoisotopic (exact) mass is 766 g/mol. The van der Waals surface area contributed by atoms with Crippen molar-refractivity contribution in [3.8, 4) is 34.1 Å². The predicted octanol–water partition coefficient (Wildman–Crippen LogP) is 11.9. The molecule has 54 heavy (non-hydrogen) atoms. The molecule has 2 aliphatic heterocycles. The summed E-state index contributed by atoms with van der Waals surface area (Å²) in [6, 6.07) is 8.03. The van der Waals surface area contributed by atoms with Crippen LogP contribution in [0.3, 0.4) is 0 Å². The van der Waals surface area contributed by atoms with Crippen molar-refractivity contribution in [1.82, 2.24) is 0 Å². The SMILES string of the molecule is COc1cc(-c2cc(OC)cc(C(C)(C)C)c2OP2OC3=CC=CCC34C=CC=CC4O2)c(OP2OC3=CC=CCC34C=CC=CC4O2)c(C(C)(C)C)c1. The summed E-state index contributed by atoms with van der Waals surface area (Å²) in [5.41, 5.74) is 1.78. The summed E-state index contributed by atoms with van der Waals surface area (Å²) in [5.74, 6) is 4.24. The van der Waals surface area contributed by atoms with Crippen LogP contribution in [0.2, 0.25) is 0 Å². The van der Waals surface area contributed by atoms with Gasteiger partial charge in [-0.2, -0.15) is 0 Å². The van der Waals surface area contributed by atoms with Crippen molar-refractivity contribution in [1.29, 1.82) is 0 Å². The van der Waals surface area contributed by atoms with Gasteiger partial charge in [0.05, 0.1) is 25.0 Å². The fraction of sp³-hybridized carbons (Fsp3) is 0.364. The van der Waals surface area contributed by atoms with Gasteiger partial charge in [-0.3, -0.25) is 9.05 Å². The van der Waals surface area contributed by atoms with E-state index in [-0.39, 0.29) is 23.0 Å². The molecule has 10 heteroatoms. The lowest BCUT2D eigenvalue weighted by molar-refractivity contribution is 0.0530. The summed E-state index contributed by atoms with van der Waals surface area (Å²) in [6.45, 7) is 12.9. The van der Waals surface area contributed by atoms with Gasteiger partial charge in [-0.25, -0.2) is 0 Å². The Morgan fingerprint density at radius 3 is 1.41 bits per heavy atom. The summed E-state index contributed by atoms with van der Waals surface area (Å²) < 4.78 is 52.7. The molecule has 0 amide bonds. The Morgan fingerprint density at radius 2 is 1.02 bits per heavy atom. The molecule has 2 saturated heterocycles. The minimum atomic E-state index is -1.88. The Kier molecular flexibility index (Phi) is 9.50. The summed E-state index contributed by atoms with van der Waals surface area (Å²) in [6.07, 6.45) is 30.2. The number of rotatable bonds is 7. The van der Waals surface area contributed by atoms with E-state index < -0.39 is 28.0 Å². The third-order valence-electron chi connectivity index (χ3n) is 10.8. The molecule has 2 fully saturated rings. The molecule has 282 valence electrons. The molecule has 6 unspecified atom stereocenters. The molecule has 2 heterocycles. The van der Waals surface area contributed by atoms with E-state index in [1.807, 2.05) is 60.7 Å². The lowest BCUT2D eigenvalue weighted by atomic mass is 9.73. The third-order valence-corrected chi connectivity index (χ3v) is 12.9. The quantitative estimate of drug-likeness (QED) is 0.258.